The van der Waals surface area contributed by atoms with E-state index in [1.165, 1.54) is 0 Å². The Labute approximate surface area is 120 Å². The van der Waals surface area contributed by atoms with Gasteiger partial charge in [-0.05, 0) is 37.5 Å². The van der Waals surface area contributed by atoms with Crippen molar-refractivity contribution in [2.75, 3.05) is 7.11 Å². The Bertz CT molecular complexity index is 473. The summed E-state index contributed by atoms with van der Waals surface area (Å²) in [6, 6.07) is 4.09. The van der Waals surface area contributed by atoms with Gasteiger partial charge in [0.15, 0.2) is 0 Å². The molecule has 2 atom stereocenters. The van der Waals surface area contributed by atoms with E-state index in [2.05, 4.69) is 31.1 Å². The number of hydrogen-bond donors (Lipinski definition) is 1. The first-order chi connectivity index (χ1) is 9.39. The van der Waals surface area contributed by atoms with Gasteiger partial charge in [-0.25, -0.2) is 0 Å². The lowest BCUT2D eigenvalue weighted by atomic mass is 9.56. The molecule has 1 aromatic heterocycles. The van der Waals surface area contributed by atoms with Gasteiger partial charge in [0.05, 0.1) is 5.60 Å². The van der Waals surface area contributed by atoms with Crippen molar-refractivity contribution < 1.29 is 9.53 Å². The molecule has 0 aliphatic heterocycles. The molecule has 1 fully saturated rings. The number of carbonyl (C=O) groups excluding carboxylic acids is 1. The quantitative estimate of drug-likeness (QED) is 0.898. The minimum Gasteiger partial charge on any atom is -0.378 e. The molecule has 0 unspecified atom stereocenters. The lowest BCUT2D eigenvalue weighted by molar-refractivity contribution is -0.182. The standard InChI is InChI=1S/C16H24N2O2/c1-15(2)13(11-16(15,3)20-4)18-14(19)6-5-12-7-9-17-10-8-12/h7-10,13H,5-6,11H2,1-4H3,(H,18,19)/t13-,16-/m0/s1. The zero-order valence-electron chi connectivity index (χ0n) is 12.8. The van der Waals surface area contributed by atoms with Gasteiger partial charge in [-0.3, -0.25) is 9.78 Å². The minimum atomic E-state index is -0.143. The molecule has 1 heterocycles. The van der Waals surface area contributed by atoms with E-state index in [9.17, 15) is 4.79 Å². The summed E-state index contributed by atoms with van der Waals surface area (Å²) in [5.41, 5.74) is 0.967. The first-order valence-corrected chi connectivity index (χ1v) is 7.12. The monoisotopic (exact) mass is 276 g/mol. The van der Waals surface area contributed by atoms with E-state index in [0.29, 0.717) is 6.42 Å². The molecule has 1 aliphatic rings. The normalized spacial score (nSPS) is 27.7. The minimum absolute atomic E-state index is 0.0337. The second-order valence-corrected chi connectivity index (χ2v) is 6.34. The predicted octanol–water partition coefficient (Wildman–Crippen LogP) is 2.33. The summed E-state index contributed by atoms with van der Waals surface area (Å²) in [6.45, 7) is 6.40. The van der Waals surface area contributed by atoms with Gasteiger partial charge in [0.1, 0.15) is 0 Å². The number of nitrogens with zero attached hydrogens (tertiary/aromatic N) is 1. The first kappa shape index (κ1) is 15.0. The van der Waals surface area contributed by atoms with Gasteiger partial charge in [-0.15, -0.1) is 0 Å². The van der Waals surface area contributed by atoms with Crippen molar-refractivity contribution in [1.29, 1.82) is 0 Å². The van der Waals surface area contributed by atoms with Crippen LogP contribution < -0.4 is 5.32 Å². The molecule has 1 saturated carbocycles. The summed E-state index contributed by atoms with van der Waals surface area (Å²) >= 11 is 0. The number of methoxy groups -OCH3 is 1. The van der Waals surface area contributed by atoms with Crippen LogP contribution in [-0.2, 0) is 16.0 Å². The van der Waals surface area contributed by atoms with Crippen LogP contribution in [-0.4, -0.2) is 29.6 Å². The zero-order valence-corrected chi connectivity index (χ0v) is 12.8. The Hall–Kier alpha value is -1.42. The molecule has 1 aliphatic carbocycles. The summed E-state index contributed by atoms with van der Waals surface area (Å²) in [5.74, 6) is 0.109. The number of rotatable bonds is 5. The van der Waals surface area contributed by atoms with Crippen LogP contribution in [0.25, 0.3) is 0 Å². The predicted molar refractivity (Wildman–Crippen MR) is 78.3 cm³/mol. The average Bonchev–Trinajstić information content (AvgIpc) is 2.45. The average molecular weight is 276 g/mol. The van der Waals surface area contributed by atoms with E-state index in [0.717, 1.165) is 18.4 Å². The fraction of sp³-hybridized carbons (Fsp3) is 0.625. The van der Waals surface area contributed by atoms with Crippen molar-refractivity contribution in [3.63, 3.8) is 0 Å². The Morgan fingerprint density at radius 3 is 2.60 bits per heavy atom. The Balaban J connectivity index is 1.82. The number of nitrogens with one attached hydrogen (secondary N) is 1. The highest BCUT2D eigenvalue weighted by molar-refractivity contribution is 5.76. The maximum Gasteiger partial charge on any atom is 0.220 e. The van der Waals surface area contributed by atoms with Crippen molar-refractivity contribution in [2.45, 2.75) is 51.7 Å². The zero-order chi connectivity index (χ0) is 14.8. The third-order valence-electron chi connectivity index (χ3n) is 5.00. The van der Waals surface area contributed by atoms with Crippen molar-refractivity contribution in [3.05, 3.63) is 30.1 Å². The largest absolute Gasteiger partial charge is 0.378 e. The number of carbonyl (C=O) groups is 1. The highest BCUT2D eigenvalue weighted by atomic mass is 16.5. The number of ether oxygens (including phenoxy) is 1. The molecule has 1 amide bonds. The van der Waals surface area contributed by atoms with Crippen LogP contribution in [0.3, 0.4) is 0 Å². The molecular weight excluding hydrogens is 252 g/mol. The molecule has 4 heteroatoms. The molecule has 4 nitrogen and oxygen atoms in total. The topological polar surface area (TPSA) is 51.2 Å². The molecular formula is C16H24N2O2. The summed E-state index contributed by atoms with van der Waals surface area (Å²) in [6.07, 6.45) is 5.65. The van der Waals surface area contributed by atoms with Gasteiger partial charge in [-0.2, -0.15) is 0 Å². The van der Waals surface area contributed by atoms with Gasteiger partial charge in [0.2, 0.25) is 5.91 Å². The van der Waals surface area contributed by atoms with Crippen LogP contribution in [0.4, 0.5) is 0 Å². The van der Waals surface area contributed by atoms with Crippen LogP contribution in [0.2, 0.25) is 0 Å². The summed E-state index contributed by atoms with van der Waals surface area (Å²) in [4.78, 5) is 16.0. The molecule has 2 rings (SSSR count). The molecule has 0 saturated heterocycles. The van der Waals surface area contributed by atoms with Gasteiger partial charge in [0, 0.05) is 37.4 Å². The van der Waals surface area contributed by atoms with E-state index in [-0.39, 0.29) is 23.0 Å². The van der Waals surface area contributed by atoms with Gasteiger partial charge in [-0.1, -0.05) is 13.8 Å². The molecule has 110 valence electrons. The second kappa shape index (κ2) is 5.52. The Morgan fingerprint density at radius 1 is 1.40 bits per heavy atom. The van der Waals surface area contributed by atoms with Gasteiger partial charge < -0.3 is 10.1 Å². The molecule has 0 radical (unpaired) electrons. The van der Waals surface area contributed by atoms with Crippen molar-refractivity contribution in [1.82, 2.24) is 10.3 Å². The number of aromatic nitrogens is 1. The van der Waals surface area contributed by atoms with Crippen LogP contribution in [0, 0.1) is 5.41 Å². The van der Waals surface area contributed by atoms with Crippen molar-refractivity contribution in [3.8, 4) is 0 Å². The van der Waals surface area contributed by atoms with E-state index in [4.69, 9.17) is 4.74 Å². The first-order valence-electron chi connectivity index (χ1n) is 7.12. The lowest BCUT2D eigenvalue weighted by Gasteiger charge is -2.59. The molecule has 0 bridgehead atoms. The fourth-order valence-corrected chi connectivity index (χ4v) is 2.80. The van der Waals surface area contributed by atoms with E-state index < -0.39 is 0 Å². The van der Waals surface area contributed by atoms with Crippen molar-refractivity contribution >= 4 is 5.91 Å². The molecule has 0 spiro atoms. The maximum absolute atomic E-state index is 12.0. The molecule has 1 aromatic rings. The third kappa shape index (κ3) is 2.70. The Morgan fingerprint density at radius 2 is 2.05 bits per heavy atom. The lowest BCUT2D eigenvalue weighted by Crippen LogP contribution is -2.68. The highest BCUT2D eigenvalue weighted by Crippen LogP contribution is 2.51. The summed E-state index contributed by atoms with van der Waals surface area (Å²) < 4.78 is 5.57. The van der Waals surface area contributed by atoms with Crippen molar-refractivity contribution in [2.24, 2.45) is 5.41 Å². The van der Waals surface area contributed by atoms with Gasteiger partial charge >= 0.3 is 0 Å². The molecule has 20 heavy (non-hydrogen) atoms. The Kier molecular flexibility index (Phi) is 4.14. The van der Waals surface area contributed by atoms with Crippen LogP contribution in [0.5, 0.6) is 0 Å². The van der Waals surface area contributed by atoms with E-state index in [1.54, 1.807) is 19.5 Å². The van der Waals surface area contributed by atoms with E-state index >= 15 is 0 Å². The highest BCUT2D eigenvalue weighted by Gasteiger charge is 2.58. The number of pyridine rings is 1. The molecule has 0 aromatic carbocycles. The summed E-state index contributed by atoms with van der Waals surface area (Å²) in [5, 5.41) is 3.13. The summed E-state index contributed by atoms with van der Waals surface area (Å²) in [7, 11) is 1.74. The van der Waals surface area contributed by atoms with E-state index in [1.807, 2.05) is 12.1 Å². The fourth-order valence-electron chi connectivity index (χ4n) is 2.80. The number of hydrogen-bond acceptors (Lipinski definition) is 3. The second-order valence-electron chi connectivity index (χ2n) is 6.34. The maximum atomic E-state index is 12.0. The SMILES string of the molecule is CO[C@@]1(C)C[C@H](NC(=O)CCc2ccncc2)C1(C)C. The van der Waals surface area contributed by atoms with Crippen LogP contribution >= 0.6 is 0 Å². The number of aryl methyl sites for hydroxylation is 1. The number of amides is 1. The molecule has 1 N–H and O–H groups in total. The van der Waals surface area contributed by atoms with Crippen LogP contribution in [0.15, 0.2) is 24.5 Å². The van der Waals surface area contributed by atoms with Gasteiger partial charge in [0.25, 0.3) is 0 Å². The smallest absolute Gasteiger partial charge is 0.220 e. The van der Waals surface area contributed by atoms with Crippen LogP contribution in [0.1, 0.15) is 39.2 Å². The third-order valence-corrected chi connectivity index (χ3v) is 5.00.